The summed E-state index contributed by atoms with van der Waals surface area (Å²) in [6.07, 6.45) is 0.467. The number of hydrogen-bond acceptors (Lipinski definition) is 4. The third-order valence-corrected chi connectivity index (χ3v) is 6.32. The van der Waals surface area contributed by atoms with Gasteiger partial charge in [-0.3, -0.25) is 19.3 Å². The van der Waals surface area contributed by atoms with E-state index in [1.807, 2.05) is 39.0 Å². The van der Waals surface area contributed by atoms with Crippen molar-refractivity contribution in [2.45, 2.75) is 39.7 Å². The number of anilines is 1. The van der Waals surface area contributed by atoms with Gasteiger partial charge in [0.25, 0.3) is 11.8 Å². The van der Waals surface area contributed by atoms with E-state index in [0.29, 0.717) is 39.1 Å². The number of para-hydroxylation sites is 1. The predicted octanol–water partition coefficient (Wildman–Crippen LogP) is -0.310. The molecule has 9 nitrogen and oxygen atoms in total. The topological polar surface area (TPSA) is 103 Å². The molecule has 168 valence electrons. The van der Waals surface area contributed by atoms with Crippen LogP contribution in [0.15, 0.2) is 18.2 Å². The number of aryl methyl sites for hydroxylation is 2. The first kappa shape index (κ1) is 22.7. The SMILES string of the molecule is CC[C@@]1(C)NC(=O)N(CC(=O)N2CC[NH+](CC(=O)Nc3c(C)cccc3C)CC2)C1=O. The average molecular weight is 431 g/mol. The molecule has 0 saturated carbocycles. The van der Waals surface area contributed by atoms with E-state index in [0.717, 1.165) is 26.6 Å². The maximum absolute atomic E-state index is 12.7. The third kappa shape index (κ3) is 4.87. The van der Waals surface area contributed by atoms with Gasteiger partial charge in [0.05, 0.1) is 26.2 Å². The second kappa shape index (κ2) is 9.05. The molecule has 0 spiro atoms. The Bertz CT molecular complexity index is 874. The highest BCUT2D eigenvalue weighted by Gasteiger charge is 2.47. The molecule has 3 N–H and O–H groups in total. The molecule has 0 aromatic heterocycles. The quantitative estimate of drug-likeness (QED) is 0.539. The number of quaternary nitrogens is 1. The summed E-state index contributed by atoms with van der Waals surface area (Å²) in [4.78, 5) is 53.5. The largest absolute Gasteiger partial charge is 0.330 e. The molecule has 2 aliphatic heterocycles. The molecule has 3 rings (SSSR count). The number of imide groups is 1. The zero-order valence-electron chi connectivity index (χ0n) is 18.7. The van der Waals surface area contributed by atoms with Crippen LogP contribution in [-0.4, -0.2) is 78.4 Å². The van der Waals surface area contributed by atoms with E-state index in [-0.39, 0.29) is 24.3 Å². The van der Waals surface area contributed by atoms with Crippen molar-refractivity contribution in [2.24, 2.45) is 0 Å². The molecular formula is C22H32N5O4+. The van der Waals surface area contributed by atoms with Crippen molar-refractivity contribution in [1.29, 1.82) is 0 Å². The number of urea groups is 1. The molecule has 31 heavy (non-hydrogen) atoms. The minimum Gasteiger partial charge on any atom is -0.330 e. The van der Waals surface area contributed by atoms with Gasteiger partial charge in [-0.25, -0.2) is 4.79 Å². The highest BCUT2D eigenvalue weighted by molar-refractivity contribution is 6.08. The van der Waals surface area contributed by atoms with E-state index >= 15 is 0 Å². The van der Waals surface area contributed by atoms with E-state index in [2.05, 4.69) is 10.6 Å². The molecule has 9 heteroatoms. The molecule has 0 radical (unpaired) electrons. The van der Waals surface area contributed by atoms with Crippen molar-refractivity contribution < 1.29 is 24.1 Å². The summed E-state index contributed by atoms with van der Waals surface area (Å²) in [6.45, 7) is 9.75. The van der Waals surface area contributed by atoms with Gasteiger partial charge in [-0.05, 0) is 38.3 Å². The Hall–Kier alpha value is -2.94. The summed E-state index contributed by atoms with van der Waals surface area (Å²) in [5, 5.41) is 5.66. The molecule has 1 aromatic rings. The number of amides is 5. The summed E-state index contributed by atoms with van der Waals surface area (Å²) in [5.41, 5.74) is 1.97. The maximum atomic E-state index is 12.7. The van der Waals surface area contributed by atoms with Gasteiger partial charge < -0.3 is 20.4 Å². The van der Waals surface area contributed by atoms with Crippen molar-refractivity contribution in [2.75, 3.05) is 44.6 Å². The minimum atomic E-state index is -0.941. The maximum Gasteiger partial charge on any atom is 0.325 e. The molecule has 2 heterocycles. The first-order valence-electron chi connectivity index (χ1n) is 10.8. The highest BCUT2D eigenvalue weighted by atomic mass is 16.2. The van der Waals surface area contributed by atoms with Gasteiger partial charge in [-0.15, -0.1) is 0 Å². The molecule has 0 bridgehead atoms. The fourth-order valence-electron chi connectivity index (χ4n) is 4.04. The Labute approximate surface area is 182 Å². The van der Waals surface area contributed by atoms with Gasteiger partial charge in [0, 0.05) is 5.69 Å². The molecule has 0 aliphatic carbocycles. The number of hydrogen-bond donors (Lipinski definition) is 3. The van der Waals surface area contributed by atoms with Gasteiger partial charge in [-0.1, -0.05) is 25.1 Å². The fourth-order valence-corrected chi connectivity index (χ4v) is 4.04. The van der Waals surface area contributed by atoms with Gasteiger partial charge in [-0.2, -0.15) is 0 Å². The van der Waals surface area contributed by atoms with Crippen molar-refractivity contribution in [3.05, 3.63) is 29.3 Å². The molecule has 2 aliphatic rings. The van der Waals surface area contributed by atoms with Crippen LogP contribution in [0.25, 0.3) is 0 Å². The Morgan fingerprint density at radius 3 is 2.32 bits per heavy atom. The van der Waals surface area contributed by atoms with E-state index in [1.54, 1.807) is 11.8 Å². The molecule has 0 unspecified atom stereocenters. The number of carbonyl (C=O) groups excluding carboxylic acids is 4. The number of benzene rings is 1. The van der Waals surface area contributed by atoms with Crippen molar-refractivity contribution in [3.63, 3.8) is 0 Å². The zero-order valence-corrected chi connectivity index (χ0v) is 18.7. The third-order valence-electron chi connectivity index (χ3n) is 6.32. The lowest BCUT2D eigenvalue weighted by molar-refractivity contribution is -0.895. The van der Waals surface area contributed by atoms with Crippen LogP contribution in [0.5, 0.6) is 0 Å². The Kier molecular flexibility index (Phi) is 6.64. The van der Waals surface area contributed by atoms with E-state index in [9.17, 15) is 19.2 Å². The Morgan fingerprint density at radius 2 is 1.77 bits per heavy atom. The molecular weight excluding hydrogens is 398 g/mol. The summed E-state index contributed by atoms with van der Waals surface area (Å²) in [6, 6.07) is 5.38. The first-order valence-corrected chi connectivity index (χ1v) is 10.8. The monoisotopic (exact) mass is 430 g/mol. The smallest absolute Gasteiger partial charge is 0.325 e. The van der Waals surface area contributed by atoms with Crippen molar-refractivity contribution in [1.82, 2.24) is 15.1 Å². The Balaban J connectivity index is 1.48. The van der Waals surface area contributed by atoms with E-state index < -0.39 is 11.6 Å². The Morgan fingerprint density at radius 1 is 1.16 bits per heavy atom. The van der Waals surface area contributed by atoms with Crippen LogP contribution in [0.2, 0.25) is 0 Å². The number of carbonyl (C=O) groups is 4. The molecule has 2 fully saturated rings. The fraction of sp³-hybridized carbons (Fsp3) is 0.545. The normalized spacial score (nSPS) is 21.9. The second-order valence-electron chi connectivity index (χ2n) is 8.63. The number of nitrogens with one attached hydrogen (secondary N) is 3. The molecule has 1 atom stereocenters. The zero-order chi connectivity index (χ0) is 22.8. The van der Waals surface area contributed by atoms with Crippen LogP contribution < -0.4 is 15.5 Å². The van der Waals surface area contributed by atoms with Gasteiger partial charge in [0.15, 0.2) is 6.54 Å². The number of nitrogens with zero attached hydrogens (tertiary/aromatic N) is 2. The van der Waals surface area contributed by atoms with Crippen LogP contribution in [-0.2, 0) is 14.4 Å². The summed E-state index contributed by atoms with van der Waals surface area (Å²) < 4.78 is 0. The van der Waals surface area contributed by atoms with Crippen LogP contribution in [0.3, 0.4) is 0 Å². The van der Waals surface area contributed by atoms with Crippen LogP contribution in [0.1, 0.15) is 31.4 Å². The van der Waals surface area contributed by atoms with Crippen molar-refractivity contribution >= 4 is 29.4 Å². The summed E-state index contributed by atoms with van der Waals surface area (Å²) in [5.74, 6) is -0.658. The van der Waals surface area contributed by atoms with E-state index in [1.165, 1.54) is 0 Å². The average Bonchev–Trinajstić information content (AvgIpc) is 2.95. The summed E-state index contributed by atoms with van der Waals surface area (Å²) >= 11 is 0. The highest BCUT2D eigenvalue weighted by Crippen LogP contribution is 2.21. The van der Waals surface area contributed by atoms with E-state index in [4.69, 9.17) is 0 Å². The standard InChI is InChI=1S/C22H31N5O4/c1-5-22(4)20(30)27(21(31)24-22)14-18(29)26-11-9-25(10-12-26)13-17(28)23-19-15(2)7-6-8-16(19)3/h6-8H,5,9-14H2,1-4H3,(H,23,28)(H,24,31)/p+1/t22-/m1/s1. The second-order valence-corrected chi connectivity index (χ2v) is 8.63. The van der Waals surface area contributed by atoms with Crippen LogP contribution >= 0.6 is 0 Å². The number of rotatable bonds is 6. The van der Waals surface area contributed by atoms with Crippen LogP contribution in [0.4, 0.5) is 10.5 Å². The van der Waals surface area contributed by atoms with Gasteiger partial charge in [0.1, 0.15) is 12.1 Å². The van der Waals surface area contributed by atoms with Gasteiger partial charge >= 0.3 is 6.03 Å². The summed E-state index contributed by atoms with van der Waals surface area (Å²) in [7, 11) is 0. The lowest BCUT2D eigenvalue weighted by Gasteiger charge is -2.32. The van der Waals surface area contributed by atoms with Crippen LogP contribution in [0, 0.1) is 13.8 Å². The lowest BCUT2D eigenvalue weighted by Crippen LogP contribution is -3.15. The minimum absolute atomic E-state index is 0.0506. The molecule has 5 amide bonds. The van der Waals surface area contributed by atoms with Gasteiger partial charge in [0.2, 0.25) is 5.91 Å². The first-order chi connectivity index (χ1) is 14.6. The number of piperazine rings is 1. The molecule has 2 saturated heterocycles. The lowest BCUT2D eigenvalue weighted by atomic mass is 9.99. The van der Waals surface area contributed by atoms with Crippen molar-refractivity contribution in [3.8, 4) is 0 Å². The molecule has 1 aromatic carbocycles. The predicted molar refractivity (Wildman–Crippen MR) is 116 cm³/mol.